The zero-order chi connectivity index (χ0) is 20.8. The van der Waals surface area contributed by atoms with Crippen molar-refractivity contribution in [2.24, 2.45) is 0 Å². The number of nitrogens with one attached hydrogen (secondary N) is 1. The highest BCUT2D eigenvalue weighted by Crippen LogP contribution is 2.31. The fourth-order valence-corrected chi connectivity index (χ4v) is 5.01. The third-order valence-electron chi connectivity index (χ3n) is 4.52. The van der Waals surface area contributed by atoms with Crippen molar-refractivity contribution in [1.29, 1.82) is 0 Å². The van der Waals surface area contributed by atoms with Crippen molar-refractivity contribution in [2.75, 3.05) is 4.72 Å². The number of hydrogen-bond acceptors (Lipinski definition) is 5. The maximum absolute atomic E-state index is 12.9. The van der Waals surface area contributed by atoms with E-state index in [-0.39, 0.29) is 15.5 Å². The van der Waals surface area contributed by atoms with Gasteiger partial charge in [-0.05, 0) is 47.2 Å². The zero-order valence-electron chi connectivity index (χ0n) is 14.7. The Morgan fingerprint density at radius 3 is 2.07 bits per heavy atom. The average Bonchev–Trinajstić information content (AvgIpc) is 2.67. The molecule has 0 amide bonds. The van der Waals surface area contributed by atoms with Gasteiger partial charge >= 0.3 is 0 Å². The predicted octanol–water partition coefficient (Wildman–Crippen LogP) is 4.43. The molecule has 0 heterocycles. The highest BCUT2D eigenvalue weighted by molar-refractivity contribution is 8.13. The number of aromatic hydroxyl groups is 1. The van der Waals surface area contributed by atoms with Crippen LogP contribution in [0, 0.1) is 0 Å². The summed E-state index contributed by atoms with van der Waals surface area (Å²) in [6.45, 7) is 0. The van der Waals surface area contributed by atoms with E-state index in [1.54, 1.807) is 42.5 Å². The quantitative estimate of drug-likeness (QED) is 0.451. The summed E-state index contributed by atoms with van der Waals surface area (Å²) in [5.74, 6) is 0.0454. The lowest BCUT2D eigenvalue weighted by Gasteiger charge is -2.12. The third kappa shape index (κ3) is 3.74. The second kappa shape index (κ2) is 6.91. The van der Waals surface area contributed by atoms with E-state index >= 15 is 0 Å². The number of phenolic OH excluding ortho intramolecular Hbond substituents is 1. The van der Waals surface area contributed by atoms with Crippen LogP contribution in [0.2, 0.25) is 0 Å². The summed E-state index contributed by atoms with van der Waals surface area (Å²) in [6, 6.07) is 18.4. The summed E-state index contributed by atoms with van der Waals surface area (Å²) >= 11 is 0. The van der Waals surface area contributed by atoms with Gasteiger partial charge in [0.15, 0.2) is 0 Å². The standard InChI is InChI=1S/C20H14ClNO5S2/c21-28(24,25)15-9-7-13-8-10-16(12-14(13)11-15)29(26,27)22-19-5-1-4-18-17(19)3-2-6-20(18)23/h1-12,22-23H. The molecule has 0 aromatic heterocycles. The Morgan fingerprint density at radius 1 is 0.724 bits per heavy atom. The highest BCUT2D eigenvalue weighted by atomic mass is 35.7. The molecule has 0 aliphatic carbocycles. The van der Waals surface area contributed by atoms with Crippen molar-refractivity contribution >= 4 is 57.0 Å². The van der Waals surface area contributed by atoms with Gasteiger partial charge in [0, 0.05) is 21.5 Å². The molecule has 0 bridgehead atoms. The molecular formula is C20H14ClNO5S2. The average molecular weight is 448 g/mol. The molecular weight excluding hydrogens is 434 g/mol. The fourth-order valence-electron chi connectivity index (χ4n) is 3.11. The topological polar surface area (TPSA) is 101 Å². The van der Waals surface area contributed by atoms with E-state index < -0.39 is 19.1 Å². The molecule has 0 radical (unpaired) electrons. The minimum Gasteiger partial charge on any atom is -0.507 e. The van der Waals surface area contributed by atoms with Crippen LogP contribution >= 0.6 is 10.7 Å². The molecule has 9 heteroatoms. The van der Waals surface area contributed by atoms with E-state index in [9.17, 15) is 21.9 Å². The third-order valence-corrected chi connectivity index (χ3v) is 7.23. The van der Waals surface area contributed by atoms with E-state index in [2.05, 4.69) is 4.72 Å². The largest absolute Gasteiger partial charge is 0.507 e. The van der Waals surface area contributed by atoms with E-state index in [4.69, 9.17) is 10.7 Å². The van der Waals surface area contributed by atoms with Gasteiger partial charge in [0.25, 0.3) is 19.1 Å². The highest BCUT2D eigenvalue weighted by Gasteiger charge is 2.17. The van der Waals surface area contributed by atoms with Crippen LogP contribution < -0.4 is 4.72 Å². The lowest BCUT2D eigenvalue weighted by molar-refractivity contribution is 0.481. The van der Waals surface area contributed by atoms with Crippen molar-refractivity contribution in [3.8, 4) is 5.75 Å². The van der Waals surface area contributed by atoms with Gasteiger partial charge in [0.05, 0.1) is 15.5 Å². The molecule has 4 aromatic carbocycles. The molecule has 0 aliphatic heterocycles. The van der Waals surface area contributed by atoms with E-state index in [1.165, 1.54) is 30.3 Å². The van der Waals surface area contributed by atoms with Crippen molar-refractivity contribution < 1.29 is 21.9 Å². The minimum absolute atomic E-state index is 0.0359. The Labute approximate surface area is 171 Å². The van der Waals surface area contributed by atoms with Gasteiger partial charge < -0.3 is 5.11 Å². The monoisotopic (exact) mass is 447 g/mol. The number of sulfonamides is 1. The SMILES string of the molecule is O=S(=O)(Cl)c1ccc2ccc(S(=O)(=O)Nc3cccc4c(O)cccc34)cc2c1. The van der Waals surface area contributed by atoms with E-state index in [0.29, 0.717) is 27.2 Å². The molecule has 2 N–H and O–H groups in total. The first kappa shape index (κ1) is 19.5. The maximum Gasteiger partial charge on any atom is 0.261 e. The van der Waals surface area contributed by atoms with Gasteiger partial charge in [0.1, 0.15) is 5.75 Å². The van der Waals surface area contributed by atoms with E-state index in [0.717, 1.165) is 0 Å². The molecule has 29 heavy (non-hydrogen) atoms. The Balaban J connectivity index is 1.80. The molecule has 0 spiro atoms. The summed E-state index contributed by atoms with van der Waals surface area (Å²) in [5.41, 5.74) is 0.315. The molecule has 0 unspecified atom stereocenters. The molecule has 0 atom stereocenters. The Bertz CT molecular complexity index is 1480. The van der Waals surface area contributed by atoms with Gasteiger partial charge in [-0.15, -0.1) is 0 Å². The van der Waals surface area contributed by atoms with Crippen molar-refractivity contribution in [1.82, 2.24) is 0 Å². The smallest absolute Gasteiger partial charge is 0.261 e. The number of halogens is 1. The number of anilines is 1. The fraction of sp³-hybridized carbons (Fsp3) is 0. The first-order valence-corrected chi connectivity index (χ1v) is 12.2. The van der Waals surface area contributed by atoms with Crippen LogP contribution in [-0.2, 0) is 19.1 Å². The summed E-state index contributed by atoms with van der Waals surface area (Å²) in [7, 11) is -2.52. The minimum atomic E-state index is -3.97. The second-order valence-corrected chi connectivity index (χ2v) is 10.6. The summed E-state index contributed by atoms with van der Waals surface area (Å²) in [6.07, 6.45) is 0. The predicted molar refractivity (Wildman–Crippen MR) is 113 cm³/mol. The zero-order valence-corrected chi connectivity index (χ0v) is 17.1. The lowest BCUT2D eigenvalue weighted by Crippen LogP contribution is -2.13. The Morgan fingerprint density at radius 2 is 1.34 bits per heavy atom. The van der Waals surface area contributed by atoms with Gasteiger partial charge in [-0.3, -0.25) is 4.72 Å². The Kier molecular flexibility index (Phi) is 4.65. The van der Waals surface area contributed by atoms with Crippen LogP contribution in [0.4, 0.5) is 5.69 Å². The molecule has 0 aliphatic rings. The number of fused-ring (bicyclic) bond motifs is 2. The number of rotatable bonds is 4. The summed E-state index contributed by atoms with van der Waals surface area (Å²) in [4.78, 5) is -0.148. The molecule has 4 aromatic rings. The number of benzene rings is 4. The van der Waals surface area contributed by atoms with Gasteiger partial charge in [-0.2, -0.15) is 0 Å². The molecule has 0 fully saturated rings. The van der Waals surface area contributed by atoms with Crippen LogP contribution in [0.3, 0.4) is 0 Å². The summed E-state index contributed by atoms with van der Waals surface area (Å²) in [5, 5.41) is 12.1. The van der Waals surface area contributed by atoms with Crippen LogP contribution in [-0.4, -0.2) is 21.9 Å². The van der Waals surface area contributed by atoms with Crippen molar-refractivity contribution in [3.05, 3.63) is 72.8 Å². The van der Waals surface area contributed by atoms with Crippen LogP contribution in [0.25, 0.3) is 21.5 Å². The van der Waals surface area contributed by atoms with E-state index in [1.807, 2.05) is 0 Å². The van der Waals surface area contributed by atoms with Gasteiger partial charge in [-0.1, -0.05) is 36.4 Å². The molecule has 0 saturated carbocycles. The van der Waals surface area contributed by atoms with Gasteiger partial charge in [0.2, 0.25) is 0 Å². The number of hydrogen-bond donors (Lipinski definition) is 2. The van der Waals surface area contributed by atoms with Crippen molar-refractivity contribution in [2.45, 2.75) is 9.79 Å². The second-order valence-electron chi connectivity index (χ2n) is 6.39. The van der Waals surface area contributed by atoms with Gasteiger partial charge in [-0.25, -0.2) is 16.8 Å². The molecule has 6 nitrogen and oxygen atoms in total. The Hall–Kier alpha value is -2.81. The number of phenols is 1. The first-order chi connectivity index (χ1) is 13.6. The molecule has 4 rings (SSSR count). The first-order valence-electron chi connectivity index (χ1n) is 8.37. The maximum atomic E-state index is 12.9. The van der Waals surface area contributed by atoms with Crippen LogP contribution in [0.15, 0.2) is 82.6 Å². The van der Waals surface area contributed by atoms with Crippen LogP contribution in [0.5, 0.6) is 5.75 Å². The molecule has 0 saturated heterocycles. The lowest BCUT2D eigenvalue weighted by atomic mass is 10.1. The summed E-state index contributed by atoms with van der Waals surface area (Å²) < 4.78 is 51.5. The molecule has 148 valence electrons. The van der Waals surface area contributed by atoms with Crippen LogP contribution in [0.1, 0.15) is 0 Å². The normalized spacial score (nSPS) is 12.3. The van der Waals surface area contributed by atoms with Crippen molar-refractivity contribution in [3.63, 3.8) is 0 Å².